The summed E-state index contributed by atoms with van der Waals surface area (Å²) in [7, 11) is 3.82. The number of aryl methyl sites for hydroxylation is 1. The number of morpholine rings is 1. The molecule has 24 heavy (non-hydrogen) atoms. The number of hydrogen-bond acceptors (Lipinski definition) is 4. The molecule has 1 fully saturated rings. The molecule has 0 saturated carbocycles. The number of ether oxygens (including phenoxy) is 2. The largest absolute Gasteiger partial charge is 0.496 e. The molecule has 1 unspecified atom stereocenters. The molecule has 1 heterocycles. The minimum atomic E-state index is 0.196. The van der Waals surface area contributed by atoms with E-state index in [-0.39, 0.29) is 6.10 Å². The first-order valence-corrected chi connectivity index (χ1v) is 8.58. The Morgan fingerprint density at radius 2 is 2.25 bits per heavy atom. The summed E-state index contributed by atoms with van der Waals surface area (Å²) in [5.74, 6) is 1.68. The van der Waals surface area contributed by atoms with Gasteiger partial charge in [0.25, 0.3) is 0 Å². The fourth-order valence-corrected chi connectivity index (χ4v) is 2.69. The third-order valence-corrected chi connectivity index (χ3v) is 4.03. The lowest BCUT2D eigenvalue weighted by Gasteiger charge is -2.30. The number of nitrogens with zero attached hydrogens (tertiary/aromatic N) is 2. The van der Waals surface area contributed by atoms with Crippen LogP contribution in [0.25, 0.3) is 0 Å². The summed E-state index contributed by atoms with van der Waals surface area (Å²) in [6.45, 7) is 9.00. The summed E-state index contributed by atoms with van der Waals surface area (Å²) in [5.41, 5.74) is 2.26. The molecule has 0 aliphatic carbocycles. The van der Waals surface area contributed by atoms with E-state index >= 15 is 0 Å². The summed E-state index contributed by atoms with van der Waals surface area (Å²) < 4.78 is 11.2. The maximum Gasteiger partial charge on any atom is 0.191 e. The van der Waals surface area contributed by atoms with Crippen molar-refractivity contribution in [2.75, 3.05) is 46.9 Å². The van der Waals surface area contributed by atoms with Crippen LogP contribution >= 0.6 is 0 Å². The topological polar surface area (TPSA) is 58.1 Å². The molecule has 1 aromatic carbocycles. The van der Waals surface area contributed by atoms with Gasteiger partial charge in [-0.2, -0.15) is 0 Å². The van der Waals surface area contributed by atoms with Crippen LogP contribution in [0.4, 0.5) is 0 Å². The first-order chi connectivity index (χ1) is 11.6. The molecule has 1 aromatic rings. The van der Waals surface area contributed by atoms with Gasteiger partial charge in [0, 0.05) is 31.7 Å². The lowest BCUT2D eigenvalue weighted by molar-refractivity contribution is -0.0161. The zero-order valence-electron chi connectivity index (χ0n) is 15.3. The highest BCUT2D eigenvalue weighted by atomic mass is 16.5. The van der Waals surface area contributed by atoms with E-state index in [1.54, 1.807) is 7.11 Å². The minimum absolute atomic E-state index is 0.196. The maximum absolute atomic E-state index is 5.78. The Balaban J connectivity index is 1.95. The fourth-order valence-electron chi connectivity index (χ4n) is 2.69. The van der Waals surface area contributed by atoms with E-state index in [1.807, 2.05) is 6.07 Å². The van der Waals surface area contributed by atoms with E-state index in [0.717, 1.165) is 50.1 Å². The summed E-state index contributed by atoms with van der Waals surface area (Å²) in [6.07, 6.45) is 0.196. The van der Waals surface area contributed by atoms with Gasteiger partial charge < -0.3 is 25.0 Å². The van der Waals surface area contributed by atoms with Gasteiger partial charge in [0.2, 0.25) is 0 Å². The van der Waals surface area contributed by atoms with Crippen molar-refractivity contribution in [3.8, 4) is 5.75 Å². The number of hydrogen-bond donors (Lipinski definition) is 2. The first-order valence-electron chi connectivity index (χ1n) is 8.58. The van der Waals surface area contributed by atoms with Crippen molar-refractivity contribution in [2.45, 2.75) is 26.5 Å². The second-order valence-electron chi connectivity index (χ2n) is 6.15. The minimum Gasteiger partial charge on any atom is -0.496 e. The van der Waals surface area contributed by atoms with E-state index in [1.165, 1.54) is 5.56 Å². The first kappa shape index (κ1) is 18.5. The van der Waals surface area contributed by atoms with Crippen LogP contribution < -0.4 is 15.4 Å². The van der Waals surface area contributed by atoms with Gasteiger partial charge in [0.05, 0.1) is 26.4 Å². The smallest absolute Gasteiger partial charge is 0.191 e. The number of methoxy groups -OCH3 is 1. The van der Waals surface area contributed by atoms with Crippen molar-refractivity contribution in [2.24, 2.45) is 4.99 Å². The van der Waals surface area contributed by atoms with Crippen LogP contribution in [0.3, 0.4) is 0 Å². The zero-order valence-corrected chi connectivity index (χ0v) is 15.3. The molecule has 6 nitrogen and oxygen atoms in total. The van der Waals surface area contributed by atoms with E-state index in [9.17, 15) is 0 Å². The number of benzene rings is 1. The quantitative estimate of drug-likeness (QED) is 0.608. The van der Waals surface area contributed by atoms with Gasteiger partial charge in [-0.1, -0.05) is 12.1 Å². The molecule has 6 heteroatoms. The van der Waals surface area contributed by atoms with Gasteiger partial charge in [-0.15, -0.1) is 0 Å². The SMILES string of the molecule is CCNC(=NCc1ccc(C)cc1OC)NCC1CN(C)CCO1. The Morgan fingerprint density at radius 3 is 2.96 bits per heavy atom. The Hall–Kier alpha value is -1.79. The van der Waals surface area contributed by atoms with Crippen molar-refractivity contribution >= 4 is 5.96 Å². The van der Waals surface area contributed by atoms with Gasteiger partial charge in [-0.05, 0) is 32.5 Å². The summed E-state index contributed by atoms with van der Waals surface area (Å²) in [5, 5.41) is 6.66. The molecule has 0 aromatic heterocycles. The number of rotatable bonds is 6. The molecule has 0 spiro atoms. The fraction of sp³-hybridized carbons (Fsp3) is 0.611. The van der Waals surface area contributed by atoms with Gasteiger partial charge in [0.1, 0.15) is 5.75 Å². The third kappa shape index (κ3) is 5.69. The van der Waals surface area contributed by atoms with Gasteiger partial charge in [-0.3, -0.25) is 0 Å². The van der Waals surface area contributed by atoms with E-state index < -0.39 is 0 Å². The van der Waals surface area contributed by atoms with Crippen LogP contribution in [-0.2, 0) is 11.3 Å². The van der Waals surface area contributed by atoms with Crippen LogP contribution in [0.2, 0.25) is 0 Å². The lowest BCUT2D eigenvalue weighted by Crippen LogP contribution is -2.48. The predicted molar refractivity (Wildman–Crippen MR) is 97.8 cm³/mol. The molecule has 1 saturated heterocycles. The van der Waals surface area contributed by atoms with Crippen molar-refractivity contribution in [1.29, 1.82) is 0 Å². The Labute approximate surface area is 145 Å². The average Bonchev–Trinajstić information content (AvgIpc) is 2.58. The monoisotopic (exact) mass is 334 g/mol. The molecular formula is C18H30N4O2. The highest BCUT2D eigenvalue weighted by Gasteiger charge is 2.17. The summed E-state index contributed by atoms with van der Waals surface area (Å²) >= 11 is 0. The number of nitrogens with one attached hydrogen (secondary N) is 2. The molecule has 0 bridgehead atoms. The van der Waals surface area contributed by atoms with Gasteiger partial charge in [0.15, 0.2) is 5.96 Å². The van der Waals surface area contributed by atoms with Crippen LogP contribution in [0, 0.1) is 6.92 Å². The maximum atomic E-state index is 5.78. The summed E-state index contributed by atoms with van der Waals surface area (Å²) in [6, 6.07) is 6.19. The number of guanidine groups is 1. The van der Waals surface area contributed by atoms with Crippen LogP contribution in [0.5, 0.6) is 5.75 Å². The van der Waals surface area contributed by atoms with E-state index in [0.29, 0.717) is 6.54 Å². The summed E-state index contributed by atoms with van der Waals surface area (Å²) in [4.78, 5) is 6.96. The average molecular weight is 334 g/mol. The zero-order chi connectivity index (χ0) is 17.4. The molecule has 0 amide bonds. The van der Waals surface area contributed by atoms with E-state index in [2.05, 4.69) is 53.6 Å². The lowest BCUT2D eigenvalue weighted by atomic mass is 10.1. The van der Waals surface area contributed by atoms with Crippen molar-refractivity contribution in [3.63, 3.8) is 0 Å². The number of aliphatic imine (C=N–C) groups is 1. The molecule has 1 aliphatic heterocycles. The normalized spacial score (nSPS) is 19.2. The number of likely N-dealkylation sites (N-methyl/N-ethyl adjacent to an activating group) is 1. The third-order valence-electron chi connectivity index (χ3n) is 4.03. The van der Waals surface area contributed by atoms with Gasteiger partial charge in [-0.25, -0.2) is 4.99 Å². The second kappa shape index (κ2) is 9.49. The Morgan fingerprint density at radius 1 is 1.42 bits per heavy atom. The second-order valence-corrected chi connectivity index (χ2v) is 6.15. The van der Waals surface area contributed by atoms with Crippen molar-refractivity contribution in [1.82, 2.24) is 15.5 Å². The van der Waals surface area contributed by atoms with Crippen LogP contribution in [0.1, 0.15) is 18.1 Å². The van der Waals surface area contributed by atoms with Crippen LogP contribution in [-0.4, -0.2) is 63.9 Å². The molecular weight excluding hydrogens is 304 g/mol. The molecule has 1 atom stereocenters. The van der Waals surface area contributed by atoms with Crippen molar-refractivity contribution < 1.29 is 9.47 Å². The standard InChI is InChI=1S/C18H30N4O2/c1-5-19-18(21-12-16-13-22(3)8-9-24-16)20-11-15-7-6-14(2)10-17(15)23-4/h6-7,10,16H,5,8-9,11-13H2,1-4H3,(H2,19,20,21). The molecule has 134 valence electrons. The predicted octanol–water partition coefficient (Wildman–Crippen LogP) is 1.39. The molecule has 0 radical (unpaired) electrons. The van der Waals surface area contributed by atoms with Crippen LogP contribution in [0.15, 0.2) is 23.2 Å². The van der Waals surface area contributed by atoms with Gasteiger partial charge >= 0.3 is 0 Å². The highest BCUT2D eigenvalue weighted by molar-refractivity contribution is 5.79. The molecule has 2 N–H and O–H groups in total. The molecule has 1 aliphatic rings. The Kier molecular flexibility index (Phi) is 7.34. The van der Waals surface area contributed by atoms with E-state index in [4.69, 9.17) is 9.47 Å². The highest BCUT2D eigenvalue weighted by Crippen LogP contribution is 2.20. The Bertz CT molecular complexity index is 548. The van der Waals surface area contributed by atoms with Crippen molar-refractivity contribution in [3.05, 3.63) is 29.3 Å². The molecule has 2 rings (SSSR count).